The zero-order chi connectivity index (χ0) is 22.7. The molecule has 3 aromatic rings. The summed E-state index contributed by atoms with van der Waals surface area (Å²) in [6.07, 6.45) is 0. The van der Waals surface area contributed by atoms with Crippen LogP contribution in [0.5, 0.6) is 17.2 Å². The first-order valence-electron chi connectivity index (χ1n) is 9.51. The molecule has 6 nitrogen and oxygen atoms in total. The average molecular weight is 467 g/mol. The molecular formula is C24H16Cl2N2O4. The number of nitrogens with zero attached hydrogens (tertiary/aromatic N) is 1. The third-order valence-corrected chi connectivity index (χ3v) is 5.37. The maximum atomic E-state index is 12.2. The van der Waals surface area contributed by atoms with E-state index in [1.54, 1.807) is 54.6 Å². The second kappa shape index (κ2) is 9.23. The summed E-state index contributed by atoms with van der Waals surface area (Å²) in [7, 11) is 0. The molecule has 0 aromatic heterocycles. The number of carbonyl (C=O) groups excluding carboxylic acids is 1. The minimum absolute atomic E-state index is 0.00882. The van der Waals surface area contributed by atoms with E-state index < -0.39 is 11.9 Å². The number of halogens is 2. The Bertz CT molecular complexity index is 1250. The monoisotopic (exact) mass is 466 g/mol. The Kier molecular flexibility index (Phi) is 6.22. The number of benzene rings is 3. The summed E-state index contributed by atoms with van der Waals surface area (Å²) >= 11 is 12.0. The van der Waals surface area contributed by atoms with Gasteiger partial charge in [-0.1, -0.05) is 53.5 Å². The van der Waals surface area contributed by atoms with Crippen LogP contribution in [0.1, 0.15) is 17.0 Å². The molecule has 1 aliphatic heterocycles. The normalized spacial score (nSPS) is 14.7. The first-order valence-corrected chi connectivity index (χ1v) is 10.3. The maximum absolute atomic E-state index is 12.2. The van der Waals surface area contributed by atoms with Crippen molar-refractivity contribution in [1.29, 1.82) is 5.26 Å². The number of nitrogens with two attached hydrogens (primary N) is 1. The van der Waals surface area contributed by atoms with Gasteiger partial charge in [-0.05, 0) is 35.9 Å². The summed E-state index contributed by atoms with van der Waals surface area (Å²) in [6.45, 7) is -0.324. The molecule has 0 amide bonds. The molecule has 2 N–H and O–H groups in total. The number of fused-ring (bicyclic) bond motifs is 1. The lowest BCUT2D eigenvalue weighted by Crippen LogP contribution is -2.21. The first kappa shape index (κ1) is 21.6. The SMILES string of the molecule is N#CC1=C(N)Oc2cc(OC(=O)COc3ccccc3Cl)ccc2C1c1ccc(Cl)cc1. The minimum atomic E-state index is -0.615. The van der Waals surface area contributed by atoms with Crippen LogP contribution in [-0.4, -0.2) is 12.6 Å². The van der Waals surface area contributed by atoms with Crippen LogP contribution < -0.4 is 19.9 Å². The summed E-state index contributed by atoms with van der Waals surface area (Å²) in [4.78, 5) is 12.2. The van der Waals surface area contributed by atoms with Crippen LogP contribution in [0.2, 0.25) is 10.0 Å². The van der Waals surface area contributed by atoms with E-state index in [1.807, 2.05) is 12.1 Å². The average Bonchev–Trinajstić information content (AvgIpc) is 2.78. The van der Waals surface area contributed by atoms with Gasteiger partial charge in [0.05, 0.1) is 10.9 Å². The second-order valence-electron chi connectivity index (χ2n) is 6.87. The van der Waals surface area contributed by atoms with Crippen molar-refractivity contribution in [1.82, 2.24) is 0 Å². The summed E-state index contributed by atoms with van der Waals surface area (Å²) in [5, 5.41) is 10.6. The van der Waals surface area contributed by atoms with Gasteiger partial charge in [-0.25, -0.2) is 4.79 Å². The van der Waals surface area contributed by atoms with E-state index in [-0.39, 0.29) is 23.8 Å². The van der Waals surface area contributed by atoms with Crippen LogP contribution >= 0.6 is 23.2 Å². The molecule has 1 heterocycles. The fourth-order valence-electron chi connectivity index (χ4n) is 3.36. The van der Waals surface area contributed by atoms with Gasteiger partial charge in [-0.15, -0.1) is 0 Å². The molecule has 1 atom stereocenters. The predicted molar refractivity (Wildman–Crippen MR) is 120 cm³/mol. The molecule has 32 heavy (non-hydrogen) atoms. The van der Waals surface area contributed by atoms with E-state index in [0.29, 0.717) is 27.1 Å². The summed E-state index contributed by atoms with van der Waals surface area (Å²) in [5.74, 6) is -0.0399. The molecule has 0 spiro atoms. The molecule has 0 saturated heterocycles. The quantitative estimate of drug-likeness (QED) is 0.410. The molecule has 160 valence electrons. The number of para-hydroxylation sites is 1. The Balaban J connectivity index is 1.55. The maximum Gasteiger partial charge on any atom is 0.349 e. The van der Waals surface area contributed by atoms with Gasteiger partial charge in [0, 0.05) is 16.7 Å². The molecule has 0 saturated carbocycles. The van der Waals surface area contributed by atoms with Gasteiger partial charge in [-0.2, -0.15) is 5.26 Å². The Morgan fingerprint density at radius 2 is 1.84 bits per heavy atom. The van der Waals surface area contributed by atoms with Gasteiger partial charge >= 0.3 is 5.97 Å². The smallest absolute Gasteiger partial charge is 0.349 e. The Labute approximate surface area is 194 Å². The first-order chi connectivity index (χ1) is 15.5. The molecule has 3 aromatic carbocycles. The summed E-state index contributed by atoms with van der Waals surface area (Å²) in [6, 6.07) is 21.0. The Morgan fingerprint density at radius 1 is 1.09 bits per heavy atom. The van der Waals surface area contributed by atoms with Crippen molar-refractivity contribution >= 4 is 29.2 Å². The highest BCUT2D eigenvalue weighted by Gasteiger charge is 2.31. The van der Waals surface area contributed by atoms with Crippen molar-refractivity contribution in [3.63, 3.8) is 0 Å². The standard InChI is InChI=1S/C24H16Cl2N2O4/c25-15-7-5-14(6-8-15)23-17-10-9-16(11-21(17)32-24(28)18(23)12-27)31-22(29)13-30-20-4-2-1-3-19(20)26/h1-11,23H,13,28H2. The third-order valence-electron chi connectivity index (χ3n) is 4.81. The lowest BCUT2D eigenvalue weighted by Gasteiger charge is -2.26. The largest absolute Gasteiger partial charge is 0.480 e. The summed E-state index contributed by atoms with van der Waals surface area (Å²) in [5.41, 5.74) is 7.84. The van der Waals surface area contributed by atoms with Crippen LogP contribution in [0, 0.1) is 11.3 Å². The van der Waals surface area contributed by atoms with Gasteiger partial charge in [-0.3, -0.25) is 0 Å². The van der Waals surface area contributed by atoms with E-state index in [0.717, 1.165) is 5.56 Å². The highest BCUT2D eigenvalue weighted by atomic mass is 35.5. The van der Waals surface area contributed by atoms with Crippen molar-refractivity contribution in [2.45, 2.75) is 5.92 Å². The number of nitriles is 1. The number of allylic oxidation sites excluding steroid dienone is 1. The van der Waals surface area contributed by atoms with Gasteiger partial charge in [0.15, 0.2) is 6.61 Å². The molecule has 0 radical (unpaired) electrons. The molecule has 1 unspecified atom stereocenters. The van der Waals surface area contributed by atoms with Crippen molar-refractivity contribution < 1.29 is 19.0 Å². The van der Waals surface area contributed by atoms with Crippen LogP contribution in [0.3, 0.4) is 0 Å². The molecule has 8 heteroatoms. The minimum Gasteiger partial charge on any atom is -0.480 e. The van der Waals surface area contributed by atoms with Crippen LogP contribution in [0.15, 0.2) is 78.2 Å². The van der Waals surface area contributed by atoms with E-state index in [4.69, 9.17) is 43.1 Å². The van der Waals surface area contributed by atoms with Gasteiger partial charge in [0.25, 0.3) is 0 Å². The fourth-order valence-corrected chi connectivity index (χ4v) is 3.67. The Hall–Kier alpha value is -3.66. The number of hydrogen-bond donors (Lipinski definition) is 1. The summed E-state index contributed by atoms with van der Waals surface area (Å²) < 4.78 is 16.4. The molecule has 0 fully saturated rings. The van der Waals surface area contributed by atoms with Crippen molar-refractivity contribution in [2.75, 3.05) is 6.61 Å². The number of carbonyl (C=O) groups is 1. The number of rotatable bonds is 5. The van der Waals surface area contributed by atoms with Crippen molar-refractivity contribution in [2.24, 2.45) is 5.73 Å². The molecule has 0 bridgehead atoms. The van der Waals surface area contributed by atoms with Crippen LogP contribution in [0.4, 0.5) is 0 Å². The van der Waals surface area contributed by atoms with Crippen LogP contribution in [0.25, 0.3) is 0 Å². The Morgan fingerprint density at radius 3 is 2.56 bits per heavy atom. The van der Waals surface area contributed by atoms with Gasteiger partial charge in [0.2, 0.25) is 5.88 Å². The van der Waals surface area contributed by atoms with E-state index in [9.17, 15) is 10.1 Å². The lowest BCUT2D eigenvalue weighted by atomic mass is 9.83. The lowest BCUT2D eigenvalue weighted by molar-refractivity contribution is -0.136. The van der Waals surface area contributed by atoms with E-state index in [1.165, 1.54) is 0 Å². The molecule has 1 aliphatic rings. The van der Waals surface area contributed by atoms with Crippen LogP contribution in [-0.2, 0) is 4.79 Å². The van der Waals surface area contributed by atoms with Gasteiger partial charge in [0.1, 0.15) is 28.9 Å². The topological polar surface area (TPSA) is 94.6 Å². The number of ether oxygens (including phenoxy) is 3. The van der Waals surface area contributed by atoms with Gasteiger partial charge < -0.3 is 19.9 Å². The van der Waals surface area contributed by atoms with E-state index >= 15 is 0 Å². The predicted octanol–water partition coefficient (Wildman–Crippen LogP) is 5.20. The zero-order valence-electron chi connectivity index (χ0n) is 16.5. The second-order valence-corrected chi connectivity index (χ2v) is 7.71. The number of hydrogen-bond acceptors (Lipinski definition) is 6. The zero-order valence-corrected chi connectivity index (χ0v) is 18.1. The fraction of sp³-hybridized carbons (Fsp3) is 0.0833. The van der Waals surface area contributed by atoms with E-state index in [2.05, 4.69) is 6.07 Å². The van der Waals surface area contributed by atoms with Crippen molar-refractivity contribution in [3.8, 4) is 23.3 Å². The highest BCUT2D eigenvalue weighted by molar-refractivity contribution is 6.32. The highest BCUT2D eigenvalue weighted by Crippen LogP contribution is 2.43. The van der Waals surface area contributed by atoms with Crippen molar-refractivity contribution in [3.05, 3.63) is 99.4 Å². The molecule has 4 rings (SSSR count). The third kappa shape index (κ3) is 4.50. The molecule has 0 aliphatic carbocycles. The molecular weight excluding hydrogens is 451 g/mol. The number of esters is 1.